The van der Waals surface area contributed by atoms with Crippen LogP contribution in [0.3, 0.4) is 0 Å². The molecule has 1 N–H and O–H groups in total. The van der Waals surface area contributed by atoms with Crippen molar-refractivity contribution in [3.05, 3.63) is 0 Å². The third kappa shape index (κ3) is 4.64. The Labute approximate surface area is 109 Å². The van der Waals surface area contributed by atoms with E-state index >= 15 is 0 Å². The molecule has 104 valence electrons. The highest BCUT2D eigenvalue weighted by atomic mass is 16.5. The van der Waals surface area contributed by atoms with Crippen LogP contribution in [0.2, 0.25) is 0 Å². The van der Waals surface area contributed by atoms with E-state index in [9.17, 15) is 9.59 Å². The van der Waals surface area contributed by atoms with Gasteiger partial charge in [0.05, 0.1) is 13.2 Å². The van der Waals surface area contributed by atoms with E-state index in [-0.39, 0.29) is 17.9 Å². The van der Waals surface area contributed by atoms with Crippen molar-refractivity contribution in [2.75, 3.05) is 26.2 Å². The fourth-order valence-electron chi connectivity index (χ4n) is 2.19. The number of hydrogen-bond donors (Lipinski definition) is 1. The zero-order chi connectivity index (χ0) is 13.4. The fourth-order valence-corrected chi connectivity index (χ4v) is 2.19. The SMILES string of the molecule is CCCNC(=O)CN1CCCCC1C(=O)OCC. The average molecular weight is 256 g/mol. The number of ether oxygens (including phenoxy) is 1. The Morgan fingerprint density at radius 3 is 2.78 bits per heavy atom. The van der Waals surface area contributed by atoms with Crippen molar-refractivity contribution in [1.82, 2.24) is 10.2 Å². The lowest BCUT2D eigenvalue weighted by molar-refractivity contribution is -0.151. The first kappa shape index (κ1) is 15.0. The number of carbonyl (C=O) groups excluding carboxylic acids is 2. The molecule has 5 nitrogen and oxygen atoms in total. The van der Waals surface area contributed by atoms with E-state index in [1.807, 2.05) is 11.8 Å². The van der Waals surface area contributed by atoms with Crippen LogP contribution in [0.1, 0.15) is 39.5 Å². The van der Waals surface area contributed by atoms with Gasteiger partial charge in [0.1, 0.15) is 6.04 Å². The minimum Gasteiger partial charge on any atom is -0.465 e. The minimum absolute atomic E-state index is 0.00644. The van der Waals surface area contributed by atoms with Gasteiger partial charge in [-0.25, -0.2) is 0 Å². The lowest BCUT2D eigenvalue weighted by atomic mass is 10.0. The van der Waals surface area contributed by atoms with Gasteiger partial charge in [0.2, 0.25) is 5.91 Å². The van der Waals surface area contributed by atoms with Gasteiger partial charge in [0.15, 0.2) is 0 Å². The van der Waals surface area contributed by atoms with Gasteiger partial charge in [-0.1, -0.05) is 13.3 Å². The summed E-state index contributed by atoms with van der Waals surface area (Å²) in [4.78, 5) is 25.4. The lowest BCUT2D eigenvalue weighted by Crippen LogP contribution is -2.49. The summed E-state index contributed by atoms with van der Waals surface area (Å²) < 4.78 is 5.06. The molecule has 0 radical (unpaired) electrons. The molecule has 0 bridgehead atoms. The van der Waals surface area contributed by atoms with Gasteiger partial charge >= 0.3 is 5.97 Å². The van der Waals surface area contributed by atoms with Gasteiger partial charge in [-0.2, -0.15) is 0 Å². The van der Waals surface area contributed by atoms with Gasteiger partial charge in [-0.3, -0.25) is 14.5 Å². The zero-order valence-corrected chi connectivity index (χ0v) is 11.4. The van der Waals surface area contributed by atoms with E-state index in [2.05, 4.69) is 5.32 Å². The van der Waals surface area contributed by atoms with Crippen molar-refractivity contribution in [1.29, 1.82) is 0 Å². The molecule has 5 heteroatoms. The van der Waals surface area contributed by atoms with E-state index in [0.717, 1.165) is 32.2 Å². The molecule has 1 aliphatic heterocycles. The monoisotopic (exact) mass is 256 g/mol. The molecular formula is C13H24N2O3. The predicted octanol–water partition coefficient (Wildman–Crippen LogP) is 0.930. The number of carbonyl (C=O) groups is 2. The fraction of sp³-hybridized carbons (Fsp3) is 0.846. The second-order valence-corrected chi connectivity index (χ2v) is 4.58. The standard InChI is InChI=1S/C13H24N2O3/c1-3-8-14-12(16)10-15-9-6-5-7-11(15)13(17)18-4-2/h11H,3-10H2,1-2H3,(H,14,16). The van der Waals surface area contributed by atoms with Crippen LogP contribution in [0, 0.1) is 0 Å². The Hall–Kier alpha value is -1.10. The summed E-state index contributed by atoms with van der Waals surface area (Å²) in [6.45, 7) is 6.00. The minimum atomic E-state index is -0.244. The predicted molar refractivity (Wildman–Crippen MR) is 69.1 cm³/mol. The summed E-state index contributed by atoms with van der Waals surface area (Å²) in [6.07, 6.45) is 3.78. The Morgan fingerprint density at radius 1 is 1.33 bits per heavy atom. The second kappa shape index (κ2) is 8.08. The lowest BCUT2D eigenvalue weighted by Gasteiger charge is -2.33. The number of amides is 1. The van der Waals surface area contributed by atoms with Crippen molar-refractivity contribution in [3.63, 3.8) is 0 Å². The summed E-state index contributed by atoms with van der Waals surface area (Å²) in [5.74, 6) is -0.200. The Bertz CT molecular complexity index is 281. The molecule has 18 heavy (non-hydrogen) atoms. The van der Waals surface area contributed by atoms with Crippen LogP contribution < -0.4 is 5.32 Å². The summed E-state index contributed by atoms with van der Waals surface area (Å²) in [5, 5.41) is 2.84. The Kier molecular flexibility index (Phi) is 6.72. The first-order valence-corrected chi connectivity index (χ1v) is 6.86. The second-order valence-electron chi connectivity index (χ2n) is 4.58. The van der Waals surface area contributed by atoms with Gasteiger partial charge in [0, 0.05) is 6.54 Å². The summed E-state index contributed by atoms with van der Waals surface area (Å²) >= 11 is 0. The maximum absolute atomic E-state index is 11.8. The van der Waals surface area contributed by atoms with E-state index in [1.54, 1.807) is 6.92 Å². The van der Waals surface area contributed by atoms with E-state index in [0.29, 0.717) is 19.7 Å². The molecule has 0 aromatic rings. The largest absolute Gasteiger partial charge is 0.465 e. The number of esters is 1. The summed E-state index contributed by atoms with van der Waals surface area (Å²) in [5.41, 5.74) is 0. The van der Waals surface area contributed by atoms with Crippen molar-refractivity contribution in [3.8, 4) is 0 Å². The molecule has 1 unspecified atom stereocenters. The topological polar surface area (TPSA) is 58.6 Å². The number of nitrogens with zero attached hydrogens (tertiary/aromatic N) is 1. The molecule has 0 aliphatic carbocycles. The Morgan fingerprint density at radius 2 is 2.11 bits per heavy atom. The molecule has 1 atom stereocenters. The molecule has 1 amide bonds. The molecule has 0 spiro atoms. The van der Waals surface area contributed by atoms with Crippen LogP contribution in [0.15, 0.2) is 0 Å². The van der Waals surface area contributed by atoms with Crippen molar-refractivity contribution < 1.29 is 14.3 Å². The quantitative estimate of drug-likeness (QED) is 0.718. The molecule has 0 aromatic carbocycles. The molecule has 1 saturated heterocycles. The van der Waals surface area contributed by atoms with Gasteiger partial charge in [-0.05, 0) is 32.7 Å². The first-order chi connectivity index (χ1) is 8.69. The number of rotatable bonds is 6. The maximum Gasteiger partial charge on any atom is 0.323 e. The van der Waals surface area contributed by atoms with Crippen LogP contribution >= 0.6 is 0 Å². The average Bonchev–Trinajstić information content (AvgIpc) is 2.37. The molecule has 0 saturated carbocycles. The van der Waals surface area contributed by atoms with Crippen molar-refractivity contribution in [2.45, 2.75) is 45.6 Å². The van der Waals surface area contributed by atoms with Crippen LogP contribution in [0.5, 0.6) is 0 Å². The van der Waals surface area contributed by atoms with Crippen LogP contribution in [-0.2, 0) is 14.3 Å². The van der Waals surface area contributed by atoms with Crippen molar-refractivity contribution in [2.24, 2.45) is 0 Å². The number of nitrogens with one attached hydrogen (secondary N) is 1. The highest BCUT2D eigenvalue weighted by Crippen LogP contribution is 2.17. The van der Waals surface area contributed by atoms with E-state index in [4.69, 9.17) is 4.74 Å². The zero-order valence-electron chi connectivity index (χ0n) is 11.4. The smallest absolute Gasteiger partial charge is 0.323 e. The maximum atomic E-state index is 11.8. The highest BCUT2D eigenvalue weighted by molar-refractivity contribution is 5.80. The van der Waals surface area contributed by atoms with Crippen molar-refractivity contribution >= 4 is 11.9 Å². The van der Waals surface area contributed by atoms with Gasteiger partial charge in [0.25, 0.3) is 0 Å². The van der Waals surface area contributed by atoms with E-state index in [1.165, 1.54) is 0 Å². The number of likely N-dealkylation sites (tertiary alicyclic amines) is 1. The summed E-state index contributed by atoms with van der Waals surface area (Å²) in [6, 6.07) is -0.244. The molecule has 1 rings (SSSR count). The summed E-state index contributed by atoms with van der Waals surface area (Å²) in [7, 11) is 0. The van der Waals surface area contributed by atoms with Crippen LogP contribution in [-0.4, -0.2) is 49.1 Å². The third-order valence-electron chi connectivity index (χ3n) is 3.09. The van der Waals surface area contributed by atoms with Gasteiger partial charge in [-0.15, -0.1) is 0 Å². The molecular weight excluding hydrogens is 232 g/mol. The molecule has 1 fully saturated rings. The van der Waals surface area contributed by atoms with Crippen LogP contribution in [0.25, 0.3) is 0 Å². The number of hydrogen-bond acceptors (Lipinski definition) is 4. The normalized spacial score (nSPS) is 20.4. The first-order valence-electron chi connectivity index (χ1n) is 6.86. The Balaban J connectivity index is 2.48. The molecule has 1 aliphatic rings. The van der Waals surface area contributed by atoms with E-state index < -0.39 is 0 Å². The third-order valence-corrected chi connectivity index (χ3v) is 3.09. The molecule has 1 heterocycles. The molecule has 0 aromatic heterocycles. The number of piperidine rings is 1. The highest BCUT2D eigenvalue weighted by Gasteiger charge is 2.30. The van der Waals surface area contributed by atoms with Crippen LogP contribution in [0.4, 0.5) is 0 Å². The van der Waals surface area contributed by atoms with Gasteiger partial charge < -0.3 is 10.1 Å².